The Kier molecular flexibility index (Phi) is 12.3. The number of esters is 1. The highest BCUT2D eigenvalue weighted by Crippen LogP contribution is 2.48. The highest BCUT2D eigenvalue weighted by atomic mass is 19.1. The molecule has 3 aliphatic rings. The number of aromatic nitrogens is 4. The van der Waals surface area contributed by atoms with Crippen molar-refractivity contribution in [2.24, 2.45) is 17.8 Å². The molecular formula is C47H57FN8O7. The number of nitrogens with one attached hydrogen (secondary N) is 3. The molecule has 3 amide bonds. The number of aromatic hydroxyl groups is 1. The lowest BCUT2D eigenvalue weighted by Gasteiger charge is -2.33. The first-order valence-electron chi connectivity index (χ1n) is 22.0. The number of hydrogen-bond donors (Lipinski definition) is 4. The van der Waals surface area contributed by atoms with E-state index in [0.717, 1.165) is 71.7 Å². The van der Waals surface area contributed by atoms with Crippen LogP contribution in [-0.4, -0.2) is 92.1 Å². The minimum Gasteiger partial charge on any atom is -0.505 e. The number of hydrogen-bond acceptors (Lipinski definition) is 10. The molecule has 0 radical (unpaired) electrons. The number of carbonyl (C=O) groups is 4. The van der Waals surface area contributed by atoms with Gasteiger partial charge in [-0.2, -0.15) is 0 Å². The largest absolute Gasteiger partial charge is 0.505 e. The number of phenols is 1. The SMILES string of the molecule is COC(=O)C[C@H](C(=O)N1CCC[C@H]1c1nc2ccc([C@H]3CC[C@H](c4ccc5nc([C@@H]6CCCN6C(=O)[C@@H](NC(=O)OC)C(C)C)[nH]c5c4)N3c3ccc(O)c(F)c3)cc2[nH]1)C(C)C. The third-order valence-corrected chi connectivity index (χ3v) is 13.3. The van der Waals surface area contributed by atoms with Gasteiger partial charge < -0.3 is 44.6 Å². The fraction of sp³-hybridized carbons (Fsp3) is 0.489. The molecule has 0 aliphatic carbocycles. The van der Waals surface area contributed by atoms with Crippen molar-refractivity contribution in [3.63, 3.8) is 0 Å². The predicted octanol–water partition coefficient (Wildman–Crippen LogP) is 7.91. The van der Waals surface area contributed by atoms with Gasteiger partial charge >= 0.3 is 12.1 Å². The number of benzene rings is 3. The van der Waals surface area contributed by atoms with Crippen molar-refractivity contribution in [2.45, 2.75) is 103 Å². The molecule has 15 nitrogen and oxygen atoms in total. The molecule has 0 bridgehead atoms. The lowest BCUT2D eigenvalue weighted by Crippen LogP contribution is -2.51. The summed E-state index contributed by atoms with van der Waals surface area (Å²) in [4.78, 5) is 74.8. The fourth-order valence-corrected chi connectivity index (χ4v) is 9.90. The highest BCUT2D eigenvalue weighted by molar-refractivity contribution is 5.87. The Balaban J connectivity index is 1.07. The van der Waals surface area contributed by atoms with E-state index in [1.165, 1.54) is 26.4 Å². The summed E-state index contributed by atoms with van der Waals surface area (Å²) in [5, 5.41) is 12.9. The van der Waals surface area contributed by atoms with Gasteiger partial charge in [0.1, 0.15) is 17.7 Å². The van der Waals surface area contributed by atoms with Crippen LogP contribution in [0.2, 0.25) is 0 Å². The number of ether oxygens (including phenoxy) is 2. The molecule has 6 atom stereocenters. The standard InChI is InChI=1S/C47H57FN8O7/c1-25(2)30(24-41(58)62-5)45(59)54-19-7-9-38(54)43-49-32-14-11-27(21-34(32)51-43)36-16-17-37(56(36)29-13-18-40(57)31(48)23-29)28-12-15-33-35(22-28)52-44(50-33)39-10-8-20-55(39)46(60)42(26(3)4)53-47(61)63-6/h11-15,18,21-23,25-26,30,36-39,42,57H,7-10,16-17,19-20,24H2,1-6H3,(H,49,51)(H,50,52)(H,53,61)/t30-,36+,37+,38-,39-,42-/m0/s1. The molecule has 5 heterocycles. The van der Waals surface area contributed by atoms with E-state index in [0.29, 0.717) is 30.4 Å². The van der Waals surface area contributed by atoms with Crippen molar-refractivity contribution in [3.05, 3.63) is 83.2 Å². The number of alkyl carbamates (subject to hydrolysis) is 1. The molecule has 3 fully saturated rings. The zero-order chi connectivity index (χ0) is 44.7. The van der Waals surface area contributed by atoms with Crippen molar-refractivity contribution in [3.8, 4) is 5.75 Å². The second-order valence-corrected chi connectivity index (χ2v) is 17.8. The number of imidazole rings is 2. The molecule has 3 saturated heterocycles. The van der Waals surface area contributed by atoms with Gasteiger partial charge in [0, 0.05) is 24.8 Å². The Bertz CT molecular complexity index is 2370. The van der Waals surface area contributed by atoms with Gasteiger partial charge in [0.15, 0.2) is 11.6 Å². The molecule has 2 aromatic heterocycles. The molecule has 3 aromatic carbocycles. The minimum atomic E-state index is -0.743. The number of likely N-dealkylation sites (tertiary alicyclic amines) is 2. The van der Waals surface area contributed by atoms with Gasteiger partial charge in [0.05, 0.1) is 72.8 Å². The quantitative estimate of drug-likeness (QED) is 0.0899. The second-order valence-electron chi connectivity index (χ2n) is 17.8. The summed E-state index contributed by atoms with van der Waals surface area (Å²) in [6.07, 6.45) is 3.97. The van der Waals surface area contributed by atoms with Crippen molar-refractivity contribution < 1.29 is 38.1 Å². The van der Waals surface area contributed by atoms with Crippen molar-refractivity contribution in [1.29, 1.82) is 0 Å². The van der Waals surface area contributed by atoms with Gasteiger partial charge in [-0.25, -0.2) is 19.2 Å². The number of methoxy groups -OCH3 is 2. The maximum absolute atomic E-state index is 15.1. The van der Waals surface area contributed by atoms with E-state index in [2.05, 4.69) is 38.4 Å². The number of H-pyrrole nitrogens is 2. The van der Waals surface area contributed by atoms with Crippen LogP contribution in [0.1, 0.15) is 120 Å². The summed E-state index contributed by atoms with van der Waals surface area (Å²) in [5.74, 6) is -1.11. The van der Waals surface area contributed by atoms with Crippen LogP contribution < -0.4 is 10.2 Å². The minimum absolute atomic E-state index is 0.0273. The van der Waals surface area contributed by atoms with Gasteiger partial charge in [-0.15, -0.1) is 0 Å². The van der Waals surface area contributed by atoms with Crippen LogP contribution in [0.25, 0.3) is 22.1 Å². The first kappa shape index (κ1) is 43.5. The molecule has 16 heteroatoms. The van der Waals surface area contributed by atoms with E-state index in [4.69, 9.17) is 19.4 Å². The van der Waals surface area contributed by atoms with Crippen molar-refractivity contribution in [2.75, 3.05) is 32.2 Å². The number of halogens is 1. The normalized spacial score (nSPS) is 21.2. The zero-order valence-corrected chi connectivity index (χ0v) is 36.7. The molecule has 63 heavy (non-hydrogen) atoms. The van der Waals surface area contributed by atoms with Crippen molar-refractivity contribution in [1.82, 2.24) is 35.1 Å². The van der Waals surface area contributed by atoms with Gasteiger partial charge in [0.25, 0.3) is 0 Å². The summed E-state index contributed by atoms with van der Waals surface area (Å²) < 4.78 is 24.8. The number of anilines is 1. The lowest BCUT2D eigenvalue weighted by molar-refractivity contribution is -0.148. The molecule has 0 unspecified atom stereocenters. The third kappa shape index (κ3) is 8.51. The molecular weight excluding hydrogens is 808 g/mol. The maximum atomic E-state index is 15.1. The monoisotopic (exact) mass is 864 g/mol. The van der Waals surface area contributed by atoms with Gasteiger partial charge in [-0.1, -0.05) is 39.8 Å². The summed E-state index contributed by atoms with van der Waals surface area (Å²) in [6, 6.07) is 15.1. The van der Waals surface area contributed by atoms with E-state index in [9.17, 15) is 24.3 Å². The second kappa shape index (κ2) is 17.9. The van der Waals surface area contributed by atoms with E-state index >= 15 is 4.39 Å². The number of carbonyl (C=O) groups excluding carboxylic acids is 4. The Morgan fingerprint density at radius 1 is 0.746 bits per heavy atom. The Morgan fingerprint density at radius 3 is 1.79 bits per heavy atom. The lowest BCUT2D eigenvalue weighted by atomic mass is 9.91. The summed E-state index contributed by atoms with van der Waals surface area (Å²) >= 11 is 0. The molecule has 0 saturated carbocycles. The number of nitrogens with zero attached hydrogens (tertiary/aromatic N) is 5. The van der Waals surface area contributed by atoms with E-state index in [1.54, 1.807) is 11.0 Å². The summed E-state index contributed by atoms with van der Waals surface area (Å²) in [7, 11) is 2.61. The number of amides is 3. The van der Waals surface area contributed by atoms with E-state index in [-0.39, 0.29) is 54.2 Å². The van der Waals surface area contributed by atoms with Crippen LogP contribution >= 0.6 is 0 Å². The molecule has 334 valence electrons. The van der Waals surface area contributed by atoms with E-state index < -0.39 is 35.6 Å². The number of aromatic amines is 2. The molecule has 5 aromatic rings. The number of fused-ring (bicyclic) bond motifs is 2. The molecule has 3 aliphatic heterocycles. The molecule has 8 rings (SSSR count). The Labute approximate surface area is 365 Å². The zero-order valence-electron chi connectivity index (χ0n) is 36.7. The first-order chi connectivity index (χ1) is 30.3. The topological polar surface area (TPSA) is 186 Å². The van der Waals surface area contributed by atoms with Crippen LogP contribution in [0.4, 0.5) is 14.9 Å². The maximum Gasteiger partial charge on any atom is 0.407 e. The third-order valence-electron chi connectivity index (χ3n) is 13.3. The van der Waals surface area contributed by atoms with Crippen LogP contribution in [0.3, 0.4) is 0 Å². The fourth-order valence-electron chi connectivity index (χ4n) is 9.90. The number of phenolic OH excluding ortho intramolecular Hbond substituents is 1. The average Bonchev–Trinajstić information content (AvgIpc) is 4.12. The van der Waals surface area contributed by atoms with E-state index in [1.807, 2.05) is 50.8 Å². The van der Waals surface area contributed by atoms with Gasteiger partial charge in [0.2, 0.25) is 11.8 Å². The van der Waals surface area contributed by atoms with Crippen LogP contribution in [-0.2, 0) is 23.9 Å². The van der Waals surface area contributed by atoms with Crippen molar-refractivity contribution >= 4 is 51.6 Å². The van der Waals surface area contributed by atoms with Crippen LogP contribution in [0.5, 0.6) is 5.75 Å². The summed E-state index contributed by atoms with van der Waals surface area (Å²) in [5.41, 5.74) is 5.78. The summed E-state index contributed by atoms with van der Waals surface area (Å²) in [6.45, 7) is 8.79. The molecule has 4 N–H and O–H groups in total. The highest BCUT2D eigenvalue weighted by Gasteiger charge is 2.40. The smallest absolute Gasteiger partial charge is 0.407 e. The first-order valence-corrected chi connectivity index (χ1v) is 22.0. The Morgan fingerprint density at radius 2 is 1.30 bits per heavy atom. The molecule has 0 spiro atoms. The van der Waals surface area contributed by atoms with Gasteiger partial charge in [-0.3, -0.25) is 14.4 Å². The average molecular weight is 865 g/mol. The van der Waals surface area contributed by atoms with Crippen LogP contribution in [0, 0.1) is 23.6 Å². The van der Waals surface area contributed by atoms with Crippen LogP contribution in [0.15, 0.2) is 54.6 Å². The predicted molar refractivity (Wildman–Crippen MR) is 234 cm³/mol. The number of rotatable bonds is 12. The van der Waals surface area contributed by atoms with Gasteiger partial charge in [-0.05, 0) is 97.9 Å². The Hall–Kier alpha value is -6.19.